The quantitative estimate of drug-likeness (QED) is 0.839. The van der Waals surface area contributed by atoms with Crippen molar-refractivity contribution in [1.29, 1.82) is 0 Å². The summed E-state index contributed by atoms with van der Waals surface area (Å²) in [6, 6.07) is 8.94. The van der Waals surface area contributed by atoms with Crippen molar-refractivity contribution in [2.75, 3.05) is 13.2 Å². The molecule has 5 nitrogen and oxygen atoms in total. The molecule has 0 amide bonds. The number of carbonyl (C=O) groups excluding carboxylic acids is 2. The second kappa shape index (κ2) is 7.22. The van der Waals surface area contributed by atoms with Crippen molar-refractivity contribution in [3.8, 4) is 0 Å². The van der Waals surface area contributed by atoms with Gasteiger partial charge in [-0.2, -0.15) is 0 Å². The maximum Gasteiger partial charge on any atom is 0.323 e. The third kappa shape index (κ3) is 3.61. The Morgan fingerprint density at radius 3 is 2.33 bits per heavy atom. The van der Waals surface area contributed by atoms with Gasteiger partial charge in [0.25, 0.3) is 0 Å². The zero-order chi connectivity index (χ0) is 15.2. The molecular weight excluding hydrogens is 270 g/mol. The predicted molar refractivity (Wildman–Crippen MR) is 77.5 cm³/mol. The molecule has 1 aromatic carbocycles. The van der Waals surface area contributed by atoms with Crippen LogP contribution in [-0.4, -0.2) is 31.2 Å². The summed E-state index contributed by atoms with van der Waals surface area (Å²) >= 11 is 0. The fourth-order valence-corrected chi connectivity index (χ4v) is 2.67. The Kier molecular flexibility index (Phi) is 5.33. The molecule has 0 saturated carbocycles. The van der Waals surface area contributed by atoms with Gasteiger partial charge >= 0.3 is 11.9 Å². The van der Waals surface area contributed by atoms with Crippen LogP contribution in [-0.2, 0) is 19.1 Å². The van der Waals surface area contributed by atoms with Crippen LogP contribution in [0.3, 0.4) is 0 Å². The number of esters is 2. The molecule has 114 valence electrons. The van der Waals surface area contributed by atoms with Crippen LogP contribution < -0.4 is 5.32 Å². The highest BCUT2D eigenvalue weighted by Gasteiger charge is 2.43. The second-order valence-electron chi connectivity index (χ2n) is 4.95. The van der Waals surface area contributed by atoms with Crippen LogP contribution >= 0.6 is 0 Å². The summed E-state index contributed by atoms with van der Waals surface area (Å²) in [7, 11) is 0. The molecular formula is C16H21NO4. The minimum absolute atomic E-state index is 0.223. The number of carbonyl (C=O) groups is 2. The van der Waals surface area contributed by atoms with Crippen molar-refractivity contribution in [2.24, 2.45) is 5.92 Å². The van der Waals surface area contributed by atoms with Crippen molar-refractivity contribution >= 4 is 11.9 Å². The van der Waals surface area contributed by atoms with Gasteiger partial charge in [0.1, 0.15) is 6.04 Å². The lowest BCUT2D eigenvalue weighted by molar-refractivity contribution is -0.148. The molecule has 3 atom stereocenters. The van der Waals surface area contributed by atoms with E-state index in [-0.39, 0.29) is 23.9 Å². The molecule has 1 aliphatic rings. The summed E-state index contributed by atoms with van der Waals surface area (Å²) in [4.78, 5) is 24.1. The van der Waals surface area contributed by atoms with E-state index in [1.54, 1.807) is 13.8 Å². The van der Waals surface area contributed by atoms with Crippen LogP contribution in [0.5, 0.6) is 0 Å². The topological polar surface area (TPSA) is 64.6 Å². The molecule has 0 unspecified atom stereocenters. The summed E-state index contributed by atoms with van der Waals surface area (Å²) in [5.74, 6) is -0.961. The van der Waals surface area contributed by atoms with E-state index in [1.807, 2.05) is 30.3 Å². The largest absolute Gasteiger partial charge is 0.466 e. The normalized spacial score (nSPS) is 24.6. The molecule has 1 fully saturated rings. The Hall–Kier alpha value is -1.88. The smallest absolute Gasteiger partial charge is 0.323 e. The lowest BCUT2D eigenvalue weighted by Crippen LogP contribution is -2.33. The first-order valence-electron chi connectivity index (χ1n) is 7.31. The van der Waals surface area contributed by atoms with E-state index < -0.39 is 6.04 Å². The van der Waals surface area contributed by atoms with Gasteiger partial charge in [-0.15, -0.1) is 0 Å². The van der Waals surface area contributed by atoms with Crippen LogP contribution in [0.15, 0.2) is 30.3 Å². The minimum Gasteiger partial charge on any atom is -0.466 e. The van der Waals surface area contributed by atoms with E-state index >= 15 is 0 Å². The first-order valence-corrected chi connectivity index (χ1v) is 7.31. The Balaban J connectivity index is 2.18. The molecule has 1 aromatic rings. The Morgan fingerprint density at radius 2 is 1.71 bits per heavy atom. The number of ether oxygens (including phenoxy) is 2. The molecule has 1 N–H and O–H groups in total. The third-order valence-corrected chi connectivity index (χ3v) is 3.59. The standard InChI is InChI=1S/C16H21NO4/c1-3-20-15(18)12-10-13(16(19)21-4-2)17-14(12)11-8-6-5-7-9-11/h5-9,12-14,17H,3-4,10H2,1-2H3/t12-,13-,14-/m0/s1. The van der Waals surface area contributed by atoms with Crippen molar-refractivity contribution in [2.45, 2.75) is 32.4 Å². The molecule has 2 rings (SSSR count). The fraction of sp³-hybridized carbons (Fsp3) is 0.500. The summed E-state index contributed by atoms with van der Waals surface area (Å²) < 4.78 is 10.2. The molecule has 5 heteroatoms. The lowest BCUT2D eigenvalue weighted by atomic mass is 9.93. The van der Waals surface area contributed by atoms with Crippen molar-refractivity contribution in [3.63, 3.8) is 0 Å². The number of nitrogens with one attached hydrogen (secondary N) is 1. The fourth-order valence-electron chi connectivity index (χ4n) is 2.67. The predicted octanol–water partition coefficient (Wildman–Crippen LogP) is 1.83. The molecule has 0 bridgehead atoms. The van der Waals surface area contributed by atoms with Crippen LogP contribution in [0.1, 0.15) is 31.9 Å². The van der Waals surface area contributed by atoms with Gasteiger partial charge in [-0.05, 0) is 25.8 Å². The second-order valence-corrected chi connectivity index (χ2v) is 4.95. The van der Waals surface area contributed by atoms with Crippen molar-refractivity contribution < 1.29 is 19.1 Å². The first-order chi connectivity index (χ1) is 10.2. The van der Waals surface area contributed by atoms with Crippen LogP contribution in [0.4, 0.5) is 0 Å². The number of rotatable bonds is 5. The third-order valence-electron chi connectivity index (χ3n) is 3.59. The molecule has 0 aliphatic carbocycles. The van der Waals surface area contributed by atoms with E-state index in [0.717, 1.165) is 5.56 Å². The van der Waals surface area contributed by atoms with Gasteiger partial charge in [0.15, 0.2) is 0 Å². The Bertz CT molecular complexity index is 488. The maximum atomic E-state index is 12.1. The molecule has 1 heterocycles. The van der Waals surface area contributed by atoms with Gasteiger partial charge in [0, 0.05) is 6.04 Å². The molecule has 21 heavy (non-hydrogen) atoms. The zero-order valence-electron chi connectivity index (χ0n) is 12.4. The molecule has 0 spiro atoms. The maximum absolute atomic E-state index is 12.1. The van der Waals surface area contributed by atoms with Gasteiger partial charge in [0.05, 0.1) is 19.1 Å². The summed E-state index contributed by atoms with van der Waals surface area (Å²) in [6.45, 7) is 4.21. The summed E-state index contributed by atoms with van der Waals surface area (Å²) in [5, 5.41) is 3.21. The summed E-state index contributed by atoms with van der Waals surface area (Å²) in [6.07, 6.45) is 0.400. The van der Waals surface area contributed by atoms with Crippen molar-refractivity contribution in [3.05, 3.63) is 35.9 Å². The van der Waals surface area contributed by atoms with Crippen LogP contribution in [0, 0.1) is 5.92 Å². The SMILES string of the molecule is CCOC(=O)[C@@H]1C[C@H](C(=O)OCC)[C@H](c2ccccc2)N1. The molecule has 0 radical (unpaired) electrons. The highest BCUT2D eigenvalue weighted by atomic mass is 16.5. The van der Waals surface area contributed by atoms with Gasteiger partial charge in [-0.25, -0.2) is 0 Å². The minimum atomic E-state index is -0.468. The number of benzene rings is 1. The monoisotopic (exact) mass is 291 g/mol. The zero-order valence-corrected chi connectivity index (χ0v) is 12.4. The van der Waals surface area contributed by atoms with E-state index in [1.165, 1.54) is 0 Å². The van der Waals surface area contributed by atoms with Gasteiger partial charge in [-0.1, -0.05) is 30.3 Å². The number of hydrogen-bond acceptors (Lipinski definition) is 5. The summed E-state index contributed by atoms with van der Waals surface area (Å²) in [5.41, 5.74) is 0.974. The molecule has 1 aliphatic heterocycles. The van der Waals surface area contributed by atoms with E-state index in [2.05, 4.69) is 5.32 Å². The molecule has 0 aromatic heterocycles. The van der Waals surface area contributed by atoms with E-state index in [9.17, 15) is 9.59 Å². The molecule has 1 saturated heterocycles. The van der Waals surface area contributed by atoms with Crippen LogP contribution in [0.2, 0.25) is 0 Å². The Morgan fingerprint density at radius 1 is 1.10 bits per heavy atom. The highest BCUT2D eigenvalue weighted by Crippen LogP contribution is 2.34. The van der Waals surface area contributed by atoms with Crippen molar-refractivity contribution in [1.82, 2.24) is 5.32 Å². The first kappa shape index (κ1) is 15.5. The van der Waals surface area contributed by atoms with E-state index in [0.29, 0.717) is 19.6 Å². The lowest BCUT2D eigenvalue weighted by Gasteiger charge is -2.18. The van der Waals surface area contributed by atoms with Crippen LogP contribution in [0.25, 0.3) is 0 Å². The number of hydrogen-bond donors (Lipinski definition) is 1. The van der Waals surface area contributed by atoms with Gasteiger partial charge in [-0.3, -0.25) is 14.9 Å². The van der Waals surface area contributed by atoms with Gasteiger partial charge in [0.2, 0.25) is 0 Å². The average molecular weight is 291 g/mol. The highest BCUT2D eigenvalue weighted by molar-refractivity contribution is 5.80. The average Bonchev–Trinajstić information content (AvgIpc) is 2.94. The van der Waals surface area contributed by atoms with E-state index in [4.69, 9.17) is 9.47 Å². The Labute approximate surface area is 124 Å². The van der Waals surface area contributed by atoms with Gasteiger partial charge < -0.3 is 9.47 Å².